The van der Waals surface area contributed by atoms with Crippen molar-refractivity contribution in [2.24, 2.45) is 5.92 Å². The number of carbonyl (C=O) groups is 3. The van der Waals surface area contributed by atoms with E-state index in [0.29, 0.717) is 35.7 Å². The monoisotopic (exact) mass is 497 g/mol. The number of fused-ring (bicyclic) bond motifs is 1. The number of rotatable bonds is 5. The lowest BCUT2D eigenvalue weighted by atomic mass is 10.0. The van der Waals surface area contributed by atoms with E-state index in [4.69, 9.17) is 14.2 Å². The summed E-state index contributed by atoms with van der Waals surface area (Å²) < 4.78 is 16.7. The first-order valence-electron chi connectivity index (χ1n) is 11.9. The molecule has 1 aliphatic rings. The Morgan fingerprint density at radius 1 is 1.08 bits per heavy atom. The normalized spacial score (nSPS) is 21.0. The van der Waals surface area contributed by atoms with Gasteiger partial charge in [0.1, 0.15) is 19.0 Å². The van der Waals surface area contributed by atoms with E-state index in [2.05, 4.69) is 5.32 Å². The summed E-state index contributed by atoms with van der Waals surface area (Å²) in [6, 6.07) is 13.8. The Morgan fingerprint density at radius 3 is 2.47 bits per heavy atom. The maximum Gasteiger partial charge on any atom is 0.257 e. The molecule has 1 aliphatic heterocycles. The standard InChI is InChI=1S/C27H35N3O6/c1-18-14-30(26(32)20-9-7-6-8-10-20)19(2)16-36-23-12-11-21(28-25(31)17-34-4)13-22(23)27(33)29(3)15-24(18)35-5/h6-13,18-19,24H,14-17H2,1-5H3,(H,28,31)/t18-,19-,24+/m1/s1. The van der Waals surface area contributed by atoms with E-state index in [1.165, 1.54) is 7.11 Å². The molecule has 3 amide bonds. The van der Waals surface area contributed by atoms with Gasteiger partial charge in [0.05, 0.1) is 17.7 Å². The summed E-state index contributed by atoms with van der Waals surface area (Å²) in [6.45, 7) is 4.77. The smallest absolute Gasteiger partial charge is 0.257 e. The second-order valence-corrected chi connectivity index (χ2v) is 9.11. The first-order valence-corrected chi connectivity index (χ1v) is 11.9. The Bertz CT molecular complexity index is 1060. The van der Waals surface area contributed by atoms with Crippen molar-refractivity contribution in [1.29, 1.82) is 0 Å². The number of benzene rings is 2. The fraction of sp³-hybridized carbons (Fsp3) is 0.444. The van der Waals surface area contributed by atoms with E-state index in [0.717, 1.165) is 0 Å². The van der Waals surface area contributed by atoms with Crippen LogP contribution in [0.2, 0.25) is 0 Å². The number of nitrogens with zero attached hydrogens (tertiary/aromatic N) is 2. The van der Waals surface area contributed by atoms with Crippen LogP contribution in [0.1, 0.15) is 34.6 Å². The molecule has 0 saturated carbocycles. The first-order chi connectivity index (χ1) is 17.2. The number of carbonyl (C=O) groups excluding carboxylic acids is 3. The highest BCUT2D eigenvalue weighted by atomic mass is 16.5. The average molecular weight is 498 g/mol. The van der Waals surface area contributed by atoms with Crippen molar-refractivity contribution in [2.45, 2.75) is 26.0 Å². The minimum atomic E-state index is -0.329. The molecule has 3 rings (SSSR count). The van der Waals surface area contributed by atoms with Crippen LogP contribution >= 0.6 is 0 Å². The van der Waals surface area contributed by atoms with Crippen LogP contribution in [0.4, 0.5) is 5.69 Å². The molecule has 0 aromatic heterocycles. The van der Waals surface area contributed by atoms with Gasteiger partial charge in [0, 0.05) is 51.5 Å². The van der Waals surface area contributed by atoms with E-state index >= 15 is 0 Å². The third-order valence-electron chi connectivity index (χ3n) is 6.29. The van der Waals surface area contributed by atoms with Crippen LogP contribution < -0.4 is 10.1 Å². The maximum absolute atomic E-state index is 13.4. The number of ether oxygens (including phenoxy) is 3. The Kier molecular flexibility index (Phi) is 9.44. The molecule has 9 heteroatoms. The lowest BCUT2D eigenvalue weighted by Gasteiger charge is -2.36. The minimum Gasteiger partial charge on any atom is -0.491 e. The number of amides is 3. The highest BCUT2D eigenvalue weighted by molar-refractivity contribution is 5.99. The lowest BCUT2D eigenvalue weighted by Crippen LogP contribution is -2.48. The molecule has 2 aromatic rings. The van der Waals surface area contributed by atoms with Gasteiger partial charge < -0.3 is 29.3 Å². The van der Waals surface area contributed by atoms with Crippen LogP contribution in [0.25, 0.3) is 0 Å². The van der Waals surface area contributed by atoms with Crippen LogP contribution in [0.5, 0.6) is 5.75 Å². The molecule has 2 aromatic carbocycles. The molecule has 1 heterocycles. The molecule has 0 fully saturated rings. The highest BCUT2D eigenvalue weighted by Gasteiger charge is 2.30. The summed E-state index contributed by atoms with van der Waals surface area (Å²) in [5.74, 6) is -0.361. The molecule has 0 radical (unpaired) electrons. The molecular formula is C27H35N3O6. The zero-order valence-electron chi connectivity index (χ0n) is 21.5. The molecule has 194 valence electrons. The fourth-order valence-corrected chi connectivity index (χ4v) is 4.21. The quantitative estimate of drug-likeness (QED) is 0.682. The number of methoxy groups -OCH3 is 2. The summed E-state index contributed by atoms with van der Waals surface area (Å²) in [7, 11) is 4.74. The van der Waals surface area contributed by atoms with Gasteiger partial charge in [0.25, 0.3) is 11.8 Å². The van der Waals surface area contributed by atoms with Gasteiger partial charge in [-0.25, -0.2) is 0 Å². The van der Waals surface area contributed by atoms with Crippen LogP contribution in [0.3, 0.4) is 0 Å². The van der Waals surface area contributed by atoms with E-state index in [1.807, 2.05) is 32.0 Å². The Balaban J connectivity index is 1.96. The highest BCUT2D eigenvalue weighted by Crippen LogP contribution is 2.27. The summed E-state index contributed by atoms with van der Waals surface area (Å²) in [4.78, 5) is 42.2. The van der Waals surface area contributed by atoms with Gasteiger partial charge in [0.15, 0.2) is 0 Å². The molecule has 36 heavy (non-hydrogen) atoms. The largest absolute Gasteiger partial charge is 0.491 e. The maximum atomic E-state index is 13.4. The third kappa shape index (κ3) is 6.61. The molecule has 0 saturated heterocycles. The van der Waals surface area contributed by atoms with Gasteiger partial charge in [-0.3, -0.25) is 14.4 Å². The van der Waals surface area contributed by atoms with Crippen LogP contribution in [0, 0.1) is 5.92 Å². The molecule has 3 atom stereocenters. The number of hydrogen-bond donors (Lipinski definition) is 1. The number of likely N-dealkylation sites (N-methyl/N-ethyl adjacent to an activating group) is 1. The number of hydrogen-bond acceptors (Lipinski definition) is 6. The van der Waals surface area contributed by atoms with Crippen molar-refractivity contribution < 1.29 is 28.6 Å². The Morgan fingerprint density at radius 2 is 1.81 bits per heavy atom. The second kappa shape index (κ2) is 12.5. The molecule has 0 unspecified atom stereocenters. The SMILES string of the molecule is COCC(=O)Nc1ccc2c(c1)C(=O)N(C)C[C@H](OC)[C@H](C)CN(C(=O)c1ccccc1)[C@H](C)CO2. The molecular weight excluding hydrogens is 462 g/mol. The van der Waals surface area contributed by atoms with Gasteiger partial charge in [-0.1, -0.05) is 25.1 Å². The van der Waals surface area contributed by atoms with E-state index in [-0.39, 0.29) is 49.0 Å². The van der Waals surface area contributed by atoms with E-state index < -0.39 is 0 Å². The van der Waals surface area contributed by atoms with Crippen LogP contribution in [-0.4, -0.2) is 87.2 Å². The zero-order valence-corrected chi connectivity index (χ0v) is 21.5. The van der Waals surface area contributed by atoms with Gasteiger partial charge in [0.2, 0.25) is 5.91 Å². The summed E-state index contributed by atoms with van der Waals surface area (Å²) in [6.07, 6.45) is -0.300. The van der Waals surface area contributed by atoms with E-state index in [1.54, 1.807) is 54.3 Å². The molecule has 0 aliphatic carbocycles. The van der Waals surface area contributed by atoms with Crippen LogP contribution in [-0.2, 0) is 14.3 Å². The van der Waals surface area contributed by atoms with Gasteiger partial charge in [-0.15, -0.1) is 0 Å². The molecule has 0 spiro atoms. The van der Waals surface area contributed by atoms with Crippen molar-refractivity contribution in [1.82, 2.24) is 9.80 Å². The van der Waals surface area contributed by atoms with E-state index in [9.17, 15) is 14.4 Å². The predicted octanol–water partition coefficient (Wildman–Crippen LogP) is 2.92. The Hall–Kier alpha value is -3.43. The predicted molar refractivity (Wildman–Crippen MR) is 136 cm³/mol. The molecule has 9 nitrogen and oxygen atoms in total. The first kappa shape index (κ1) is 27.2. The summed E-state index contributed by atoms with van der Waals surface area (Å²) in [5, 5.41) is 2.72. The average Bonchev–Trinajstić information content (AvgIpc) is 2.88. The van der Waals surface area contributed by atoms with Crippen molar-refractivity contribution in [3.05, 3.63) is 59.7 Å². The van der Waals surface area contributed by atoms with Crippen molar-refractivity contribution in [3.8, 4) is 5.75 Å². The molecule has 1 N–H and O–H groups in total. The van der Waals surface area contributed by atoms with Gasteiger partial charge in [-0.2, -0.15) is 0 Å². The molecule has 0 bridgehead atoms. The number of anilines is 1. The number of nitrogens with one attached hydrogen (secondary N) is 1. The minimum absolute atomic E-state index is 0.0566. The van der Waals surface area contributed by atoms with Crippen molar-refractivity contribution in [3.63, 3.8) is 0 Å². The fourth-order valence-electron chi connectivity index (χ4n) is 4.21. The van der Waals surface area contributed by atoms with Crippen molar-refractivity contribution in [2.75, 3.05) is 52.9 Å². The third-order valence-corrected chi connectivity index (χ3v) is 6.29. The lowest BCUT2D eigenvalue weighted by molar-refractivity contribution is -0.119. The summed E-state index contributed by atoms with van der Waals surface area (Å²) in [5.41, 5.74) is 1.37. The zero-order chi connectivity index (χ0) is 26.2. The topological polar surface area (TPSA) is 97.4 Å². The van der Waals surface area contributed by atoms with Crippen LogP contribution in [0.15, 0.2) is 48.5 Å². The summed E-state index contributed by atoms with van der Waals surface area (Å²) >= 11 is 0. The van der Waals surface area contributed by atoms with Gasteiger partial charge >= 0.3 is 0 Å². The second-order valence-electron chi connectivity index (χ2n) is 9.11. The van der Waals surface area contributed by atoms with Crippen molar-refractivity contribution >= 4 is 23.4 Å². The Labute approximate surface area is 212 Å². The van der Waals surface area contributed by atoms with Gasteiger partial charge in [-0.05, 0) is 37.3 Å².